The summed E-state index contributed by atoms with van der Waals surface area (Å²) in [5, 5.41) is 4.71. The molecule has 0 aromatic carbocycles. The molecule has 2 rings (SSSR count). The maximum absolute atomic E-state index is 5.29. The molecule has 2 aliphatic rings. The molecule has 9 heavy (non-hydrogen) atoms. The molecule has 0 aromatic heterocycles. The van der Waals surface area contributed by atoms with Crippen molar-refractivity contribution in [3.63, 3.8) is 0 Å². The van der Waals surface area contributed by atoms with Gasteiger partial charge in [0.05, 0.1) is 13.2 Å². The van der Waals surface area contributed by atoms with E-state index in [0.717, 1.165) is 26.3 Å². The summed E-state index contributed by atoms with van der Waals surface area (Å²) in [7, 11) is 0. The predicted molar refractivity (Wildman–Crippen MR) is 34.0 cm³/mol. The number of nitrogens with zero attached hydrogens (tertiary/aromatic N) is 2. The molecule has 52 valence electrons. The zero-order valence-corrected chi connectivity index (χ0v) is 5.55. The molecule has 2 aliphatic heterocycles. The molecule has 0 unspecified atom stereocenters. The van der Waals surface area contributed by atoms with Crippen LogP contribution in [0.5, 0.6) is 0 Å². The van der Waals surface area contributed by atoms with Crippen molar-refractivity contribution in [1.29, 1.82) is 0 Å². The summed E-state index contributed by atoms with van der Waals surface area (Å²) in [5.41, 5.74) is 0. The molecule has 2 fully saturated rings. The van der Waals surface area contributed by atoms with Crippen LogP contribution < -0.4 is 0 Å². The number of fused-ring (bicyclic) bond motifs is 1. The van der Waals surface area contributed by atoms with Gasteiger partial charge in [0, 0.05) is 26.2 Å². The Morgan fingerprint density at radius 1 is 0.778 bits per heavy atom. The van der Waals surface area contributed by atoms with Crippen LogP contribution in [0.4, 0.5) is 0 Å². The third-order valence-electron chi connectivity index (χ3n) is 2.00. The van der Waals surface area contributed by atoms with Gasteiger partial charge in [-0.15, -0.1) is 0 Å². The maximum atomic E-state index is 5.29. The highest BCUT2D eigenvalue weighted by Crippen LogP contribution is 2.10. The van der Waals surface area contributed by atoms with Gasteiger partial charge in [-0.3, -0.25) is 0 Å². The molecule has 0 bridgehead atoms. The Labute approximate surface area is 55.2 Å². The third-order valence-corrected chi connectivity index (χ3v) is 2.00. The van der Waals surface area contributed by atoms with Crippen LogP contribution in [0.1, 0.15) is 0 Å². The summed E-state index contributed by atoms with van der Waals surface area (Å²) in [6.07, 6.45) is 0. The first-order valence-corrected chi connectivity index (χ1v) is 3.54. The van der Waals surface area contributed by atoms with Gasteiger partial charge in [-0.25, -0.2) is 10.0 Å². The van der Waals surface area contributed by atoms with E-state index in [1.54, 1.807) is 0 Å². The van der Waals surface area contributed by atoms with E-state index in [2.05, 4.69) is 10.0 Å². The van der Waals surface area contributed by atoms with Gasteiger partial charge in [0.1, 0.15) is 0 Å². The highest BCUT2D eigenvalue weighted by molar-refractivity contribution is 4.71. The number of ether oxygens (including phenoxy) is 1. The van der Waals surface area contributed by atoms with Gasteiger partial charge < -0.3 is 4.74 Å². The van der Waals surface area contributed by atoms with Crippen molar-refractivity contribution in [2.45, 2.75) is 0 Å². The molecule has 2 heterocycles. The molecule has 0 spiro atoms. The topological polar surface area (TPSA) is 15.7 Å². The fourth-order valence-electron chi connectivity index (χ4n) is 1.33. The van der Waals surface area contributed by atoms with Gasteiger partial charge in [-0.1, -0.05) is 0 Å². The van der Waals surface area contributed by atoms with Gasteiger partial charge in [0.2, 0.25) is 0 Å². The lowest BCUT2D eigenvalue weighted by atomic mass is 10.4. The fourth-order valence-corrected chi connectivity index (χ4v) is 1.33. The van der Waals surface area contributed by atoms with E-state index in [0.29, 0.717) is 0 Å². The lowest BCUT2D eigenvalue weighted by Crippen LogP contribution is -2.57. The first kappa shape index (κ1) is 5.65. The molecule has 0 amide bonds. The summed E-state index contributed by atoms with van der Waals surface area (Å²) in [6, 6.07) is 0. The molecule has 0 saturated carbocycles. The Balaban J connectivity index is 1.90. The maximum Gasteiger partial charge on any atom is 0.0608 e. The lowest BCUT2D eigenvalue weighted by molar-refractivity contribution is -0.0990. The Hall–Kier alpha value is -0.120. The molecule has 0 radical (unpaired) electrons. The summed E-state index contributed by atoms with van der Waals surface area (Å²) in [5.74, 6) is 0. The second-order valence-electron chi connectivity index (χ2n) is 2.52. The largest absolute Gasteiger partial charge is 0.379 e. The minimum Gasteiger partial charge on any atom is -0.379 e. The quantitative estimate of drug-likeness (QED) is 0.439. The Kier molecular flexibility index (Phi) is 1.41. The zero-order chi connectivity index (χ0) is 6.10. The number of hydrogen-bond acceptors (Lipinski definition) is 3. The first-order valence-electron chi connectivity index (χ1n) is 3.54. The van der Waals surface area contributed by atoms with Crippen molar-refractivity contribution in [3.8, 4) is 0 Å². The van der Waals surface area contributed by atoms with E-state index in [-0.39, 0.29) is 0 Å². The Bertz CT molecular complexity index is 95.2. The molecule has 0 aliphatic carbocycles. The smallest absolute Gasteiger partial charge is 0.0608 e. The van der Waals surface area contributed by atoms with Crippen LogP contribution in [0.15, 0.2) is 0 Å². The summed E-state index contributed by atoms with van der Waals surface area (Å²) >= 11 is 0. The fraction of sp³-hybridized carbons (Fsp3) is 1.00. The molecule has 0 N–H and O–H groups in total. The molecule has 0 aromatic rings. The lowest BCUT2D eigenvalue weighted by Gasteiger charge is -2.42. The SMILES string of the molecule is C1CN2CCN2CCO1. The standard InChI is InChI=1S/C6H12N2O/c1-2-8-4-6-9-5-3-7(1)8/h1-6H2. The van der Waals surface area contributed by atoms with Crippen LogP contribution in [0, 0.1) is 0 Å². The van der Waals surface area contributed by atoms with Gasteiger partial charge in [0.25, 0.3) is 0 Å². The van der Waals surface area contributed by atoms with Crippen molar-refractivity contribution in [2.75, 3.05) is 39.4 Å². The average molecular weight is 128 g/mol. The van der Waals surface area contributed by atoms with E-state index in [1.165, 1.54) is 13.1 Å². The molecular formula is C6H12N2O. The second-order valence-corrected chi connectivity index (χ2v) is 2.52. The second kappa shape index (κ2) is 2.25. The van der Waals surface area contributed by atoms with Gasteiger partial charge >= 0.3 is 0 Å². The average Bonchev–Trinajstić information content (AvgIpc) is 1.94. The van der Waals surface area contributed by atoms with E-state index >= 15 is 0 Å². The van der Waals surface area contributed by atoms with Crippen molar-refractivity contribution < 1.29 is 4.74 Å². The zero-order valence-electron chi connectivity index (χ0n) is 5.55. The summed E-state index contributed by atoms with van der Waals surface area (Å²) in [4.78, 5) is 0. The van der Waals surface area contributed by atoms with E-state index in [1.807, 2.05) is 0 Å². The number of hydrazine groups is 1. The predicted octanol–water partition coefficient (Wildman–Crippen LogP) is -0.451. The van der Waals surface area contributed by atoms with Crippen LogP contribution in [0.25, 0.3) is 0 Å². The highest BCUT2D eigenvalue weighted by atomic mass is 16.5. The number of rotatable bonds is 0. The normalized spacial score (nSPS) is 30.7. The third kappa shape index (κ3) is 0.956. The van der Waals surface area contributed by atoms with Crippen molar-refractivity contribution in [3.05, 3.63) is 0 Å². The van der Waals surface area contributed by atoms with Crippen LogP contribution in [-0.2, 0) is 4.74 Å². The minimum absolute atomic E-state index is 0.913. The van der Waals surface area contributed by atoms with Crippen LogP contribution in [0.2, 0.25) is 0 Å². The van der Waals surface area contributed by atoms with Crippen LogP contribution in [-0.4, -0.2) is 49.4 Å². The molecule has 3 nitrogen and oxygen atoms in total. The Morgan fingerprint density at radius 3 is 1.78 bits per heavy atom. The summed E-state index contributed by atoms with van der Waals surface area (Å²) < 4.78 is 5.29. The minimum atomic E-state index is 0.913. The van der Waals surface area contributed by atoms with Crippen molar-refractivity contribution in [1.82, 2.24) is 10.0 Å². The van der Waals surface area contributed by atoms with Crippen molar-refractivity contribution >= 4 is 0 Å². The van der Waals surface area contributed by atoms with Crippen molar-refractivity contribution in [2.24, 2.45) is 0 Å². The highest BCUT2D eigenvalue weighted by Gasteiger charge is 2.25. The van der Waals surface area contributed by atoms with Gasteiger partial charge in [0.15, 0.2) is 0 Å². The molecule has 2 saturated heterocycles. The molecular weight excluding hydrogens is 116 g/mol. The monoisotopic (exact) mass is 128 g/mol. The Morgan fingerprint density at radius 2 is 1.33 bits per heavy atom. The van der Waals surface area contributed by atoms with Gasteiger partial charge in [-0.2, -0.15) is 0 Å². The summed E-state index contributed by atoms with van der Waals surface area (Å²) in [6.45, 7) is 6.50. The molecule has 0 atom stereocenters. The van der Waals surface area contributed by atoms with Crippen LogP contribution >= 0.6 is 0 Å². The first-order chi connectivity index (χ1) is 4.47. The van der Waals surface area contributed by atoms with E-state index < -0.39 is 0 Å². The van der Waals surface area contributed by atoms with Gasteiger partial charge in [-0.05, 0) is 0 Å². The molecule has 3 heteroatoms. The van der Waals surface area contributed by atoms with Crippen LogP contribution in [0.3, 0.4) is 0 Å². The van der Waals surface area contributed by atoms with E-state index in [9.17, 15) is 0 Å². The van der Waals surface area contributed by atoms with E-state index in [4.69, 9.17) is 4.74 Å². The number of hydrogen-bond donors (Lipinski definition) is 0.